The summed E-state index contributed by atoms with van der Waals surface area (Å²) in [5, 5.41) is 1.22. The Kier molecular flexibility index (Phi) is 7.82. The summed E-state index contributed by atoms with van der Waals surface area (Å²) >= 11 is 11.6. The molecule has 3 aromatic rings. The van der Waals surface area contributed by atoms with Crippen LogP contribution in [0.25, 0.3) is 0 Å². The summed E-state index contributed by atoms with van der Waals surface area (Å²) in [5.41, 5.74) is -3.99. The number of carbonyl (C=O) groups is 1. The molecule has 0 bridgehead atoms. The van der Waals surface area contributed by atoms with Crippen molar-refractivity contribution in [2.45, 2.75) is 17.2 Å². The van der Waals surface area contributed by atoms with E-state index in [9.17, 15) is 39.6 Å². The summed E-state index contributed by atoms with van der Waals surface area (Å²) in [6, 6.07) is 10.7. The topological polar surface area (TPSA) is 66.5 Å². The maximum absolute atomic E-state index is 13.4. The van der Waals surface area contributed by atoms with Crippen LogP contribution in [0.2, 0.25) is 10.0 Å². The lowest BCUT2D eigenvalue weighted by Gasteiger charge is -2.26. The second-order valence-corrected chi connectivity index (χ2v) is 9.93. The molecule has 0 radical (unpaired) electrons. The van der Waals surface area contributed by atoms with Gasteiger partial charge in [0.2, 0.25) is 5.91 Å². The molecule has 0 unspecified atom stereocenters. The van der Waals surface area contributed by atoms with Crippen LogP contribution in [0.3, 0.4) is 0 Å². The van der Waals surface area contributed by atoms with Gasteiger partial charge in [0.25, 0.3) is 10.0 Å². The third kappa shape index (κ3) is 6.23. The highest BCUT2D eigenvalue weighted by Gasteiger charge is 2.36. The Morgan fingerprint density at radius 2 is 1.50 bits per heavy atom. The van der Waals surface area contributed by atoms with Gasteiger partial charge in [0.15, 0.2) is 0 Å². The standard InChI is InChI=1S/C22H14Cl2F6N2O3S/c23-14-7-9-18(16(11-14)22(28,29)30)31-20(33)12-32(36(34,35)15-4-2-1-3-5-15)19-10-13(21(25,26)27)6-8-17(19)24/h1-11H,12H2,(H,31,33). The number of amides is 1. The Balaban J connectivity index is 2.08. The molecule has 0 aromatic heterocycles. The monoisotopic (exact) mass is 570 g/mol. The van der Waals surface area contributed by atoms with Crippen LogP contribution in [0, 0.1) is 0 Å². The predicted molar refractivity (Wildman–Crippen MR) is 123 cm³/mol. The lowest BCUT2D eigenvalue weighted by atomic mass is 10.1. The molecule has 14 heteroatoms. The van der Waals surface area contributed by atoms with Gasteiger partial charge in [-0.1, -0.05) is 41.4 Å². The largest absolute Gasteiger partial charge is 0.418 e. The summed E-state index contributed by atoms with van der Waals surface area (Å²) in [6.07, 6.45) is -9.80. The number of hydrogen-bond donors (Lipinski definition) is 1. The van der Waals surface area contributed by atoms with Crippen molar-refractivity contribution >= 4 is 50.5 Å². The molecule has 0 atom stereocenters. The molecule has 0 aliphatic rings. The number of sulfonamides is 1. The molecular formula is C22H14Cl2F6N2O3S. The van der Waals surface area contributed by atoms with Gasteiger partial charge < -0.3 is 5.32 Å². The molecule has 192 valence electrons. The van der Waals surface area contributed by atoms with Crippen molar-refractivity contribution < 1.29 is 39.6 Å². The molecular weight excluding hydrogens is 557 g/mol. The summed E-state index contributed by atoms with van der Waals surface area (Å²) < 4.78 is 107. The van der Waals surface area contributed by atoms with Gasteiger partial charge in [-0.25, -0.2) is 8.42 Å². The molecule has 0 aliphatic carbocycles. The van der Waals surface area contributed by atoms with E-state index < -0.39 is 67.2 Å². The molecule has 1 N–H and O–H groups in total. The van der Waals surface area contributed by atoms with E-state index in [-0.39, 0.29) is 5.02 Å². The average Bonchev–Trinajstić information content (AvgIpc) is 2.78. The minimum absolute atomic E-state index is 0.274. The van der Waals surface area contributed by atoms with Crippen LogP contribution in [0.15, 0.2) is 71.6 Å². The molecule has 36 heavy (non-hydrogen) atoms. The maximum atomic E-state index is 13.4. The van der Waals surface area contributed by atoms with E-state index in [4.69, 9.17) is 23.2 Å². The van der Waals surface area contributed by atoms with Gasteiger partial charge in [0.1, 0.15) is 6.54 Å². The molecule has 1 amide bonds. The van der Waals surface area contributed by atoms with Crippen LogP contribution in [0.4, 0.5) is 37.7 Å². The predicted octanol–water partition coefficient (Wildman–Crippen LogP) is 6.87. The maximum Gasteiger partial charge on any atom is 0.418 e. The zero-order valence-electron chi connectivity index (χ0n) is 17.7. The van der Waals surface area contributed by atoms with Crippen molar-refractivity contribution in [3.8, 4) is 0 Å². The Hall–Kier alpha value is -2.96. The number of nitrogens with zero attached hydrogens (tertiary/aromatic N) is 1. The summed E-state index contributed by atoms with van der Waals surface area (Å²) in [4.78, 5) is 12.4. The van der Waals surface area contributed by atoms with Gasteiger partial charge >= 0.3 is 12.4 Å². The van der Waals surface area contributed by atoms with Crippen molar-refractivity contribution in [1.82, 2.24) is 0 Å². The first-order valence-electron chi connectivity index (χ1n) is 9.72. The minimum Gasteiger partial charge on any atom is -0.324 e. The number of anilines is 2. The number of rotatable bonds is 6. The van der Waals surface area contributed by atoms with Gasteiger partial charge in [-0.3, -0.25) is 9.10 Å². The van der Waals surface area contributed by atoms with Crippen molar-refractivity contribution in [1.29, 1.82) is 0 Å². The van der Waals surface area contributed by atoms with Crippen molar-refractivity contribution in [2.75, 3.05) is 16.2 Å². The normalized spacial score (nSPS) is 12.3. The van der Waals surface area contributed by atoms with Crippen molar-refractivity contribution in [3.63, 3.8) is 0 Å². The number of benzene rings is 3. The molecule has 3 aromatic carbocycles. The van der Waals surface area contributed by atoms with Gasteiger partial charge in [0, 0.05) is 5.02 Å². The highest BCUT2D eigenvalue weighted by Crippen LogP contribution is 2.38. The Bertz CT molecular complexity index is 1380. The summed E-state index contributed by atoms with van der Waals surface area (Å²) in [6.45, 7) is -1.20. The van der Waals surface area contributed by atoms with Gasteiger partial charge in [-0.15, -0.1) is 0 Å². The van der Waals surface area contributed by atoms with Crippen LogP contribution >= 0.6 is 23.2 Å². The van der Waals surface area contributed by atoms with Crippen molar-refractivity contribution in [3.05, 3.63) is 87.9 Å². The molecule has 0 saturated heterocycles. The fraction of sp³-hybridized carbons (Fsp3) is 0.136. The second-order valence-electron chi connectivity index (χ2n) is 7.22. The van der Waals surface area contributed by atoms with Crippen LogP contribution in [0.1, 0.15) is 11.1 Å². The lowest BCUT2D eigenvalue weighted by molar-refractivity contribution is -0.138. The molecule has 5 nitrogen and oxygen atoms in total. The molecule has 0 saturated carbocycles. The van der Waals surface area contributed by atoms with Crippen LogP contribution in [-0.4, -0.2) is 20.9 Å². The third-order valence-corrected chi connectivity index (χ3v) is 7.05. The van der Waals surface area contributed by atoms with E-state index in [1.807, 2.05) is 5.32 Å². The Morgan fingerprint density at radius 1 is 0.861 bits per heavy atom. The lowest BCUT2D eigenvalue weighted by Crippen LogP contribution is -2.38. The van der Waals surface area contributed by atoms with E-state index in [0.717, 1.165) is 30.3 Å². The van der Waals surface area contributed by atoms with Crippen molar-refractivity contribution in [2.24, 2.45) is 0 Å². The highest BCUT2D eigenvalue weighted by atomic mass is 35.5. The molecule has 0 heterocycles. The molecule has 0 aliphatic heterocycles. The summed E-state index contributed by atoms with van der Waals surface area (Å²) in [5.74, 6) is -1.28. The van der Waals surface area contributed by atoms with Crippen LogP contribution in [-0.2, 0) is 27.2 Å². The van der Waals surface area contributed by atoms with E-state index in [1.54, 1.807) is 0 Å². The molecule has 0 spiro atoms. The minimum atomic E-state index is -4.92. The first kappa shape index (κ1) is 27.6. The van der Waals surface area contributed by atoms with Crippen LogP contribution < -0.4 is 9.62 Å². The fourth-order valence-electron chi connectivity index (χ4n) is 3.08. The zero-order chi connectivity index (χ0) is 26.9. The van der Waals surface area contributed by atoms with Crippen LogP contribution in [0.5, 0.6) is 0 Å². The first-order chi connectivity index (χ1) is 16.6. The number of alkyl halides is 6. The number of hydrogen-bond acceptors (Lipinski definition) is 3. The first-order valence-corrected chi connectivity index (χ1v) is 11.9. The SMILES string of the molecule is O=C(CN(c1cc(C(F)(F)F)ccc1Cl)S(=O)(=O)c1ccccc1)Nc1ccc(Cl)cc1C(F)(F)F. The third-order valence-electron chi connectivity index (χ3n) is 4.72. The van der Waals surface area contributed by atoms with Gasteiger partial charge in [-0.05, 0) is 48.5 Å². The quantitative estimate of drug-likeness (QED) is 0.329. The van der Waals surface area contributed by atoms with Gasteiger partial charge in [0.05, 0.1) is 32.4 Å². The van der Waals surface area contributed by atoms with E-state index in [2.05, 4.69) is 0 Å². The highest BCUT2D eigenvalue weighted by molar-refractivity contribution is 7.92. The Labute approximate surface area is 211 Å². The average molecular weight is 571 g/mol. The Morgan fingerprint density at radius 3 is 2.08 bits per heavy atom. The zero-order valence-corrected chi connectivity index (χ0v) is 20.0. The van der Waals surface area contributed by atoms with E-state index in [0.29, 0.717) is 22.5 Å². The number of carbonyl (C=O) groups excluding carboxylic acids is 1. The molecule has 0 fully saturated rings. The van der Waals surface area contributed by atoms with Gasteiger partial charge in [-0.2, -0.15) is 26.3 Å². The van der Waals surface area contributed by atoms with E-state index >= 15 is 0 Å². The van der Waals surface area contributed by atoms with E-state index in [1.165, 1.54) is 18.2 Å². The smallest absolute Gasteiger partial charge is 0.324 e. The molecule has 3 rings (SSSR count). The number of halogens is 8. The fourth-order valence-corrected chi connectivity index (χ4v) is 4.97. The summed E-state index contributed by atoms with van der Waals surface area (Å²) in [7, 11) is -4.69. The number of nitrogens with one attached hydrogen (secondary N) is 1. The second kappa shape index (κ2) is 10.2.